The van der Waals surface area contributed by atoms with Crippen molar-refractivity contribution in [3.05, 3.63) is 54.6 Å². The first-order chi connectivity index (χ1) is 11.7. The number of urea groups is 1. The number of nitrogens with zero attached hydrogens (tertiary/aromatic N) is 1. The first kappa shape index (κ1) is 16.1. The van der Waals surface area contributed by atoms with E-state index in [0.29, 0.717) is 6.54 Å². The smallest absolute Gasteiger partial charge is 0.321 e. The average Bonchev–Trinajstić information content (AvgIpc) is 3.03. The third-order valence-corrected chi connectivity index (χ3v) is 3.99. The number of carbonyl (C=O) groups is 1. The molecular weight excluding hydrogens is 300 g/mol. The maximum Gasteiger partial charge on any atom is 0.321 e. The molecule has 0 radical (unpaired) electrons. The van der Waals surface area contributed by atoms with E-state index < -0.39 is 0 Å². The number of furan rings is 1. The number of anilines is 1. The first-order valence-electron chi connectivity index (χ1n) is 8.36. The number of nitrogens with one attached hydrogen (secondary N) is 1. The molecule has 3 rings (SSSR count). The minimum absolute atomic E-state index is 0.0644. The van der Waals surface area contributed by atoms with Gasteiger partial charge in [0.2, 0.25) is 0 Å². The summed E-state index contributed by atoms with van der Waals surface area (Å²) in [5.41, 5.74) is 2.63. The number of carbonyl (C=O) groups excluding carboxylic acids is 1. The number of hydrogen-bond acceptors (Lipinski definition) is 2. The third kappa shape index (κ3) is 3.43. The lowest BCUT2D eigenvalue weighted by Crippen LogP contribution is -2.35. The van der Waals surface area contributed by atoms with Gasteiger partial charge in [-0.2, -0.15) is 0 Å². The highest BCUT2D eigenvalue weighted by atomic mass is 16.3. The molecular formula is C20H22N2O2. The zero-order chi connectivity index (χ0) is 16.9. The molecule has 4 heteroatoms. The molecule has 0 saturated carbocycles. The number of fused-ring (bicyclic) bond motifs is 1. The van der Waals surface area contributed by atoms with Gasteiger partial charge in [-0.3, -0.25) is 0 Å². The Labute approximate surface area is 142 Å². The second kappa shape index (κ2) is 7.21. The molecule has 0 saturated heterocycles. The first-order valence-corrected chi connectivity index (χ1v) is 8.36. The third-order valence-electron chi connectivity index (χ3n) is 3.99. The largest absolute Gasteiger partial charge is 0.456 e. The van der Waals surface area contributed by atoms with Crippen LogP contribution in [0, 0.1) is 0 Å². The van der Waals surface area contributed by atoms with Crippen LogP contribution < -0.4 is 5.32 Å². The van der Waals surface area contributed by atoms with Crippen LogP contribution in [-0.4, -0.2) is 24.0 Å². The topological polar surface area (TPSA) is 45.5 Å². The van der Waals surface area contributed by atoms with Crippen LogP contribution in [0.2, 0.25) is 0 Å². The second-order valence-electron chi connectivity index (χ2n) is 5.74. The Kier molecular flexibility index (Phi) is 4.85. The van der Waals surface area contributed by atoms with Crippen molar-refractivity contribution in [1.82, 2.24) is 4.90 Å². The normalized spacial score (nSPS) is 10.8. The number of hydrogen-bond donors (Lipinski definition) is 1. The maximum atomic E-state index is 12.3. The fourth-order valence-corrected chi connectivity index (χ4v) is 2.74. The van der Waals surface area contributed by atoms with Crippen LogP contribution in [0.4, 0.5) is 10.5 Å². The van der Waals surface area contributed by atoms with Gasteiger partial charge in [-0.25, -0.2) is 4.79 Å². The lowest BCUT2D eigenvalue weighted by Gasteiger charge is -2.20. The molecule has 24 heavy (non-hydrogen) atoms. The molecule has 2 amide bonds. The summed E-state index contributed by atoms with van der Waals surface area (Å²) < 4.78 is 5.90. The van der Waals surface area contributed by atoms with Gasteiger partial charge >= 0.3 is 6.03 Å². The van der Waals surface area contributed by atoms with E-state index in [4.69, 9.17) is 4.42 Å². The highest BCUT2D eigenvalue weighted by molar-refractivity contribution is 5.93. The highest BCUT2D eigenvalue weighted by Crippen LogP contribution is 2.29. The van der Waals surface area contributed by atoms with Gasteiger partial charge in [0.1, 0.15) is 11.3 Å². The average molecular weight is 322 g/mol. The van der Waals surface area contributed by atoms with Crippen LogP contribution in [0.1, 0.15) is 20.3 Å². The zero-order valence-corrected chi connectivity index (χ0v) is 14.1. The minimum Gasteiger partial charge on any atom is -0.456 e. The van der Waals surface area contributed by atoms with Crippen molar-refractivity contribution < 1.29 is 9.21 Å². The molecule has 1 aromatic heterocycles. The Balaban J connectivity index is 1.82. The molecule has 0 aliphatic carbocycles. The summed E-state index contributed by atoms with van der Waals surface area (Å²) in [5, 5.41) is 3.94. The van der Waals surface area contributed by atoms with Crippen molar-refractivity contribution >= 4 is 22.7 Å². The molecule has 124 valence electrons. The van der Waals surface area contributed by atoms with Gasteiger partial charge in [0.15, 0.2) is 0 Å². The number of amides is 2. The van der Waals surface area contributed by atoms with Crippen molar-refractivity contribution in [2.24, 2.45) is 0 Å². The fraction of sp³-hybridized carbons (Fsp3) is 0.250. The monoisotopic (exact) mass is 322 g/mol. The second-order valence-corrected chi connectivity index (χ2v) is 5.74. The van der Waals surface area contributed by atoms with Gasteiger partial charge in [-0.15, -0.1) is 0 Å². The van der Waals surface area contributed by atoms with Crippen LogP contribution in [0.5, 0.6) is 0 Å². The van der Waals surface area contributed by atoms with Crippen LogP contribution in [0.15, 0.2) is 59.0 Å². The van der Waals surface area contributed by atoms with Crippen molar-refractivity contribution in [1.29, 1.82) is 0 Å². The molecule has 0 spiro atoms. The molecule has 1 N–H and O–H groups in total. The Morgan fingerprint density at radius 3 is 2.58 bits per heavy atom. The predicted molar refractivity (Wildman–Crippen MR) is 98.2 cm³/mol. The summed E-state index contributed by atoms with van der Waals surface area (Å²) in [7, 11) is 0. The van der Waals surface area contributed by atoms with E-state index in [1.165, 1.54) is 0 Å². The van der Waals surface area contributed by atoms with Gasteiger partial charge in [-0.05, 0) is 37.6 Å². The molecule has 1 heterocycles. The number of benzene rings is 2. The van der Waals surface area contributed by atoms with Crippen LogP contribution in [0.3, 0.4) is 0 Å². The summed E-state index contributed by atoms with van der Waals surface area (Å²) in [6.45, 7) is 5.51. The van der Waals surface area contributed by atoms with E-state index in [0.717, 1.165) is 40.9 Å². The highest BCUT2D eigenvalue weighted by Gasteiger charge is 2.12. The summed E-state index contributed by atoms with van der Waals surface area (Å²) in [4.78, 5) is 14.1. The van der Waals surface area contributed by atoms with Gasteiger partial charge < -0.3 is 14.6 Å². The molecule has 4 nitrogen and oxygen atoms in total. The van der Waals surface area contributed by atoms with E-state index in [2.05, 4.69) is 12.2 Å². The lowest BCUT2D eigenvalue weighted by atomic mass is 10.1. The lowest BCUT2D eigenvalue weighted by molar-refractivity contribution is 0.214. The van der Waals surface area contributed by atoms with Crippen LogP contribution in [0.25, 0.3) is 22.3 Å². The standard InChI is InChI=1S/C20H22N2O2/c1-3-12-22(4-2)20(23)21-17-10-11-18-16(13-17)14-19(24-18)15-8-6-5-7-9-15/h5-11,13-14H,3-4,12H2,1-2H3,(H,21,23). The van der Waals surface area contributed by atoms with E-state index in [1.54, 1.807) is 4.90 Å². The summed E-state index contributed by atoms with van der Waals surface area (Å²) in [5.74, 6) is 0.829. The van der Waals surface area contributed by atoms with Gasteiger partial charge in [0.25, 0.3) is 0 Å². The predicted octanol–water partition coefficient (Wildman–Crippen LogP) is 5.36. The van der Waals surface area contributed by atoms with Gasteiger partial charge in [0, 0.05) is 29.7 Å². The Hall–Kier alpha value is -2.75. The van der Waals surface area contributed by atoms with Crippen molar-refractivity contribution in [2.75, 3.05) is 18.4 Å². The molecule has 0 aliphatic heterocycles. The molecule has 2 aromatic carbocycles. The molecule has 0 unspecified atom stereocenters. The molecule has 0 bridgehead atoms. The van der Waals surface area contributed by atoms with E-state index in [1.807, 2.05) is 61.5 Å². The molecule has 3 aromatic rings. The van der Waals surface area contributed by atoms with Gasteiger partial charge in [-0.1, -0.05) is 37.3 Å². The van der Waals surface area contributed by atoms with Crippen molar-refractivity contribution in [3.63, 3.8) is 0 Å². The van der Waals surface area contributed by atoms with E-state index in [-0.39, 0.29) is 6.03 Å². The summed E-state index contributed by atoms with van der Waals surface area (Å²) >= 11 is 0. The number of rotatable bonds is 5. The maximum absolute atomic E-state index is 12.3. The van der Waals surface area contributed by atoms with Crippen LogP contribution >= 0.6 is 0 Å². The minimum atomic E-state index is -0.0644. The SMILES string of the molecule is CCCN(CC)C(=O)Nc1ccc2oc(-c3ccccc3)cc2c1. The quantitative estimate of drug-likeness (QED) is 0.687. The summed E-state index contributed by atoms with van der Waals surface area (Å²) in [6, 6.07) is 17.6. The summed E-state index contributed by atoms with van der Waals surface area (Å²) in [6.07, 6.45) is 0.947. The van der Waals surface area contributed by atoms with Crippen molar-refractivity contribution in [2.45, 2.75) is 20.3 Å². The van der Waals surface area contributed by atoms with E-state index in [9.17, 15) is 4.79 Å². The fourth-order valence-electron chi connectivity index (χ4n) is 2.74. The Morgan fingerprint density at radius 2 is 1.88 bits per heavy atom. The molecule has 0 atom stereocenters. The van der Waals surface area contributed by atoms with Gasteiger partial charge in [0.05, 0.1) is 0 Å². The van der Waals surface area contributed by atoms with E-state index >= 15 is 0 Å². The van der Waals surface area contributed by atoms with Crippen molar-refractivity contribution in [3.8, 4) is 11.3 Å². The Morgan fingerprint density at radius 1 is 1.08 bits per heavy atom. The molecule has 0 fully saturated rings. The molecule has 0 aliphatic rings. The van der Waals surface area contributed by atoms with Crippen LogP contribution in [-0.2, 0) is 0 Å². The zero-order valence-electron chi connectivity index (χ0n) is 14.1. The Bertz CT molecular complexity index is 824.